The van der Waals surface area contributed by atoms with E-state index in [0.29, 0.717) is 0 Å². The van der Waals surface area contributed by atoms with Crippen molar-refractivity contribution in [1.82, 2.24) is 15.6 Å². The molecule has 1 aromatic rings. The topological polar surface area (TPSA) is 58.5 Å². The molecular formula is C14H27IN4OS. The van der Waals surface area contributed by atoms with Crippen LogP contribution in [-0.4, -0.2) is 44.3 Å². The number of hydrogen-bond acceptors (Lipinski definition) is 4. The molecule has 0 aliphatic rings. The van der Waals surface area contributed by atoms with E-state index in [9.17, 15) is 0 Å². The lowest BCUT2D eigenvalue weighted by Crippen LogP contribution is -2.39. The van der Waals surface area contributed by atoms with Crippen LogP contribution in [0.4, 0.5) is 0 Å². The molecule has 1 aromatic heterocycles. The molecule has 0 saturated carbocycles. The normalized spacial score (nSPS) is 11.1. The highest BCUT2D eigenvalue weighted by atomic mass is 127. The summed E-state index contributed by atoms with van der Waals surface area (Å²) >= 11 is 1.77. The van der Waals surface area contributed by atoms with Crippen LogP contribution in [0, 0.1) is 13.8 Å². The number of thiazole rings is 1. The van der Waals surface area contributed by atoms with E-state index in [1.54, 1.807) is 18.4 Å². The van der Waals surface area contributed by atoms with Crippen LogP contribution in [0.3, 0.4) is 0 Å². The molecule has 2 N–H and O–H groups in total. The number of nitrogens with one attached hydrogen (secondary N) is 2. The Bertz CT molecular complexity index is 423. The molecular weight excluding hydrogens is 399 g/mol. The van der Waals surface area contributed by atoms with Crippen molar-refractivity contribution in [1.29, 1.82) is 0 Å². The molecule has 0 unspecified atom stereocenters. The van der Waals surface area contributed by atoms with Gasteiger partial charge in [-0.1, -0.05) is 0 Å². The molecule has 0 amide bonds. The molecule has 0 spiro atoms. The highest BCUT2D eigenvalue weighted by molar-refractivity contribution is 14.0. The fourth-order valence-electron chi connectivity index (χ4n) is 1.85. The zero-order chi connectivity index (χ0) is 14.8. The zero-order valence-electron chi connectivity index (χ0n) is 13.4. The van der Waals surface area contributed by atoms with E-state index in [4.69, 9.17) is 4.74 Å². The monoisotopic (exact) mass is 426 g/mol. The van der Waals surface area contributed by atoms with Crippen LogP contribution in [0.15, 0.2) is 4.99 Å². The summed E-state index contributed by atoms with van der Waals surface area (Å²) in [5.41, 5.74) is 1.15. The van der Waals surface area contributed by atoms with Gasteiger partial charge in [-0.2, -0.15) is 0 Å². The average Bonchev–Trinajstić information content (AvgIpc) is 2.75. The quantitative estimate of drug-likeness (QED) is 0.290. The number of nitrogens with zero attached hydrogens (tertiary/aromatic N) is 2. The highest BCUT2D eigenvalue weighted by Gasteiger charge is 2.04. The average molecular weight is 426 g/mol. The fourth-order valence-corrected chi connectivity index (χ4v) is 2.78. The fraction of sp³-hybridized carbons (Fsp3) is 0.714. The third-order valence-corrected chi connectivity index (χ3v) is 3.96. The maximum atomic E-state index is 5.30. The van der Waals surface area contributed by atoms with Crippen molar-refractivity contribution >= 4 is 41.3 Å². The Morgan fingerprint density at radius 3 is 2.57 bits per heavy atom. The summed E-state index contributed by atoms with van der Waals surface area (Å²) in [5, 5.41) is 7.74. The first-order valence-electron chi connectivity index (χ1n) is 7.12. The molecule has 1 rings (SSSR count). The van der Waals surface area contributed by atoms with Crippen molar-refractivity contribution in [3.8, 4) is 0 Å². The zero-order valence-corrected chi connectivity index (χ0v) is 16.5. The van der Waals surface area contributed by atoms with Crippen LogP contribution in [0.25, 0.3) is 0 Å². The Hall–Kier alpha value is -0.410. The minimum atomic E-state index is 0. The largest absolute Gasteiger partial charge is 0.382 e. The highest BCUT2D eigenvalue weighted by Crippen LogP contribution is 2.16. The van der Waals surface area contributed by atoms with E-state index in [-0.39, 0.29) is 24.0 Å². The number of halogens is 1. The minimum absolute atomic E-state index is 0. The first kappa shape index (κ1) is 20.6. The molecule has 21 heavy (non-hydrogen) atoms. The van der Waals surface area contributed by atoms with Crippen LogP contribution in [-0.2, 0) is 11.2 Å². The van der Waals surface area contributed by atoms with E-state index in [0.717, 1.165) is 55.8 Å². The van der Waals surface area contributed by atoms with Gasteiger partial charge in [-0.05, 0) is 27.2 Å². The Morgan fingerprint density at radius 1 is 1.29 bits per heavy atom. The van der Waals surface area contributed by atoms with Gasteiger partial charge in [0.25, 0.3) is 0 Å². The van der Waals surface area contributed by atoms with Crippen molar-refractivity contribution in [3.05, 3.63) is 15.6 Å². The molecule has 7 heteroatoms. The van der Waals surface area contributed by atoms with Crippen molar-refractivity contribution in [2.45, 2.75) is 33.6 Å². The van der Waals surface area contributed by atoms with Gasteiger partial charge in [0.2, 0.25) is 0 Å². The summed E-state index contributed by atoms with van der Waals surface area (Å²) in [6.07, 6.45) is 1.97. The summed E-state index contributed by atoms with van der Waals surface area (Å²) in [7, 11) is 1.79. The Balaban J connectivity index is 0.00000400. The van der Waals surface area contributed by atoms with E-state index in [1.165, 1.54) is 4.88 Å². The van der Waals surface area contributed by atoms with Gasteiger partial charge in [0, 0.05) is 44.6 Å². The molecule has 0 saturated heterocycles. The summed E-state index contributed by atoms with van der Waals surface area (Å²) in [4.78, 5) is 9.99. The SMILES string of the molecule is CCOCCCNC(=NC)NCCc1sc(C)nc1C.I. The first-order valence-corrected chi connectivity index (χ1v) is 7.94. The maximum Gasteiger partial charge on any atom is 0.190 e. The van der Waals surface area contributed by atoms with Crippen LogP contribution < -0.4 is 10.6 Å². The number of ether oxygens (including phenoxy) is 1. The van der Waals surface area contributed by atoms with Gasteiger partial charge in [-0.25, -0.2) is 4.98 Å². The maximum absolute atomic E-state index is 5.30. The molecule has 0 atom stereocenters. The molecule has 0 aliphatic carbocycles. The van der Waals surface area contributed by atoms with Gasteiger partial charge in [0.15, 0.2) is 5.96 Å². The Kier molecular flexibility index (Phi) is 11.9. The summed E-state index contributed by atoms with van der Waals surface area (Å²) in [6, 6.07) is 0. The summed E-state index contributed by atoms with van der Waals surface area (Å²) < 4.78 is 5.30. The van der Waals surface area contributed by atoms with Gasteiger partial charge in [-0.15, -0.1) is 35.3 Å². The molecule has 0 fully saturated rings. The van der Waals surface area contributed by atoms with Crippen LogP contribution in [0.5, 0.6) is 0 Å². The Labute approximate surface area is 149 Å². The molecule has 122 valence electrons. The van der Waals surface area contributed by atoms with Gasteiger partial charge < -0.3 is 15.4 Å². The number of aryl methyl sites for hydroxylation is 2. The van der Waals surface area contributed by atoms with Crippen LogP contribution >= 0.6 is 35.3 Å². The predicted molar refractivity (Wildman–Crippen MR) is 101 cm³/mol. The van der Waals surface area contributed by atoms with Gasteiger partial charge in [-0.3, -0.25) is 4.99 Å². The molecule has 5 nitrogen and oxygen atoms in total. The van der Waals surface area contributed by atoms with Gasteiger partial charge in [0.05, 0.1) is 10.7 Å². The third kappa shape index (κ3) is 8.57. The number of rotatable bonds is 8. The summed E-state index contributed by atoms with van der Waals surface area (Å²) in [6.45, 7) is 9.44. The number of hydrogen-bond donors (Lipinski definition) is 2. The molecule has 0 radical (unpaired) electrons. The van der Waals surface area contributed by atoms with E-state index < -0.39 is 0 Å². The van der Waals surface area contributed by atoms with Crippen molar-refractivity contribution in [2.75, 3.05) is 33.4 Å². The third-order valence-electron chi connectivity index (χ3n) is 2.83. The first-order chi connectivity index (χ1) is 9.67. The second-order valence-electron chi connectivity index (χ2n) is 4.47. The lowest BCUT2D eigenvalue weighted by molar-refractivity contribution is 0.145. The number of guanidine groups is 1. The van der Waals surface area contributed by atoms with E-state index >= 15 is 0 Å². The molecule has 0 bridgehead atoms. The standard InChI is InChI=1S/C14H26N4OS.HI/c1-5-19-10-6-8-16-14(15-4)17-9-7-13-11(2)18-12(3)20-13;/h5-10H2,1-4H3,(H2,15,16,17);1H. The van der Waals surface area contributed by atoms with Crippen LogP contribution in [0.1, 0.15) is 28.9 Å². The van der Waals surface area contributed by atoms with Crippen LogP contribution in [0.2, 0.25) is 0 Å². The van der Waals surface area contributed by atoms with E-state index in [2.05, 4.69) is 27.5 Å². The number of aromatic nitrogens is 1. The summed E-state index contributed by atoms with van der Waals surface area (Å²) in [5.74, 6) is 0.848. The Morgan fingerprint density at radius 2 is 2.00 bits per heavy atom. The van der Waals surface area contributed by atoms with Gasteiger partial charge in [0.1, 0.15) is 0 Å². The second kappa shape index (κ2) is 12.2. The van der Waals surface area contributed by atoms with Gasteiger partial charge >= 0.3 is 0 Å². The lowest BCUT2D eigenvalue weighted by atomic mass is 10.3. The molecule has 0 aromatic carbocycles. The smallest absolute Gasteiger partial charge is 0.190 e. The molecule has 0 aliphatic heterocycles. The number of aliphatic imine (C=N–C) groups is 1. The predicted octanol–water partition coefficient (Wildman–Crippen LogP) is 2.51. The second-order valence-corrected chi connectivity index (χ2v) is 5.76. The lowest BCUT2D eigenvalue weighted by Gasteiger charge is -2.11. The van der Waals surface area contributed by atoms with Crippen molar-refractivity contribution in [2.24, 2.45) is 4.99 Å². The van der Waals surface area contributed by atoms with E-state index in [1.807, 2.05) is 13.8 Å². The minimum Gasteiger partial charge on any atom is -0.382 e. The van der Waals surface area contributed by atoms with Crippen molar-refractivity contribution in [3.63, 3.8) is 0 Å². The van der Waals surface area contributed by atoms with Crippen molar-refractivity contribution < 1.29 is 4.74 Å². The molecule has 1 heterocycles.